The van der Waals surface area contributed by atoms with Crippen LogP contribution in [0.2, 0.25) is 5.02 Å². The van der Waals surface area contributed by atoms with Gasteiger partial charge < -0.3 is 0 Å². The van der Waals surface area contributed by atoms with E-state index in [1.807, 2.05) is 0 Å². The fourth-order valence-electron chi connectivity index (χ4n) is 3.64. The van der Waals surface area contributed by atoms with E-state index in [1.54, 1.807) is 6.07 Å². The summed E-state index contributed by atoms with van der Waals surface area (Å²) in [5.41, 5.74) is 2.80. The second-order valence-electron chi connectivity index (χ2n) is 8.46. The first-order valence-electron chi connectivity index (χ1n) is 12.3. The quantitative estimate of drug-likeness (QED) is 0.0972. The van der Waals surface area contributed by atoms with Crippen LogP contribution in [0, 0.1) is 10.1 Å². The monoisotopic (exact) mass is 465 g/mol. The number of carbonyl (C=O) groups excluding carboxylic acids is 1. The topological polar surface area (TPSA) is 84.6 Å². The lowest BCUT2D eigenvalue weighted by Gasteiger charge is -2.03. The Morgan fingerprint density at radius 2 is 1.44 bits per heavy atom. The summed E-state index contributed by atoms with van der Waals surface area (Å²) in [6.45, 7) is 2.26. The Balaban J connectivity index is 1.96. The SMILES string of the molecule is CCCCCCCCCCCCCCCCCC(=O)NN=Cc1ccc(Cl)c([N+](=O)[O-])c1. The molecular formula is C25H40ClN3O3. The van der Waals surface area contributed by atoms with Crippen LogP contribution in [-0.2, 0) is 4.79 Å². The number of hydrogen-bond donors (Lipinski definition) is 1. The molecule has 0 heterocycles. The van der Waals surface area contributed by atoms with Gasteiger partial charge in [-0.2, -0.15) is 5.10 Å². The van der Waals surface area contributed by atoms with Gasteiger partial charge in [0.15, 0.2) is 0 Å². The van der Waals surface area contributed by atoms with Crippen LogP contribution in [0.5, 0.6) is 0 Å². The highest BCUT2D eigenvalue weighted by molar-refractivity contribution is 6.32. The molecule has 0 radical (unpaired) electrons. The zero-order valence-corrected chi connectivity index (χ0v) is 20.4. The number of unbranched alkanes of at least 4 members (excludes halogenated alkanes) is 14. The van der Waals surface area contributed by atoms with Crippen molar-refractivity contribution in [2.45, 2.75) is 110 Å². The zero-order valence-electron chi connectivity index (χ0n) is 19.6. The lowest BCUT2D eigenvalue weighted by molar-refractivity contribution is -0.384. The Kier molecular flexibility index (Phi) is 16.3. The van der Waals surface area contributed by atoms with Crippen LogP contribution in [-0.4, -0.2) is 17.0 Å². The van der Waals surface area contributed by atoms with Gasteiger partial charge in [-0.1, -0.05) is 114 Å². The van der Waals surface area contributed by atoms with Crippen LogP contribution in [0.4, 0.5) is 5.69 Å². The average Bonchev–Trinajstić information content (AvgIpc) is 2.77. The van der Waals surface area contributed by atoms with Crippen LogP contribution in [0.1, 0.15) is 115 Å². The molecule has 0 fully saturated rings. The van der Waals surface area contributed by atoms with Gasteiger partial charge in [0.2, 0.25) is 5.91 Å². The Morgan fingerprint density at radius 1 is 0.938 bits per heavy atom. The van der Waals surface area contributed by atoms with Gasteiger partial charge in [0.1, 0.15) is 5.02 Å². The summed E-state index contributed by atoms with van der Waals surface area (Å²) in [4.78, 5) is 22.2. The Bertz CT molecular complexity index is 695. The second-order valence-corrected chi connectivity index (χ2v) is 8.87. The highest BCUT2D eigenvalue weighted by Gasteiger charge is 2.11. The number of hydrogen-bond acceptors (Lipinski definition) is 4. The van der Waals surface area contributed by atoms with E-state index in [0.717, 1.165) is 12.8 Å². The molecular weight excluding hydrogens is 426 g/mol. The van der Waals surface area contributed by atoms with Gasteiger partial charge in [-0.25, -0.2) is 5.43 Å². The van der Waals surface area contributed by atoms with E-state index < -0.39 is 4.92 Å². The number of amides is 1. The number of benzene rings is 1. The molecule has 180 valence electrons. The summed E-state index contributed by atoms with van der Waals surface area (Å²) in [6.07, 6.45) is 21.2. The van der Waals surface area contributed by atoms with Crippen molar-refractivity contribution in [3.05, 3.63) is 38.9 Å². The highest BCUT2D eigenvalue weighted by Crippen LogP contribution is 2.24. The third-order valence-electron chi connectivity index (χ3n) is 5.58. The fraction of sp³-hybridized carbons (Fsp3) is 0.680. The molecule has 7 heteroatoms. The van der Waals surface area contributed by atoms with Crippen molar-refractivity contribution in [3.63, 3.8) is 0 Å². The molecule has 0 aliphatic rings. The molecule has 1 aromatic carbocycles. The largest absolute Gasteiger partial charge is 0.288 e. The van der Waals surface area contributed by atoms with E-state index >= 15 is 0 Å². The number of hydrazone groups is 1. The first-order valence-corrected chi connectivity index (χ1v) is 12.7. The molecule has 0 aromatic heterocycles. The Morgan fingerprint density at radius 3 is 1.94 bits per heavy atom. The van der Waals surface area contributed by atoms with Crippen LogP contribution in [0.3, 0.4) is 0 Å². The van der Waals surface area contributed by atoms with Gasteiger partial charge in [-0.15, -0.1) is 0 Å². The molecule has 1 N–H and O–H groups in total. The normalized spacial score (nSPS) is 11.2. The van der Waals surface area contributed by atoms with Crippen molar-refractivity contribution in [1.29, 1.82) is 0 Å². The molecule has 0 spiro atoms. The summed E-state index contributed by atoms with van der Waals surface area (Å²) in [5, 5.41) is 14.8. The standard InChI is InChI=1S/C25H40ClN3O3/c1-2-3-4-5-6-7-8-9-10-11-12-13-14-15-16-17-25(30)28-27-21-22-18-19-23(26)24(20-22)29(31)32/h18-21H,2-17H2,1H3,(H,28,30). The molecule has 0 atom stereocenters. The third kappa shape index (κ3) is 14.2. The predicted molar refractivity (Wildman–Crippen MR) is 133 cm³/mol. The number of rotatable bonds is 19. The molecule has 1 aromatic rings. The van der Waals surface area contributed by atoms with E-state index in [0.29, 0.717) is 12.0 Å². The molecule has 6 nitrogen and oxygen atoms in total. The summed E-state index contributed by atoms with van der Waals surface area (Å²) >= 11 is 5.77. The molecule has 0 aliphatic carbocycles. The minimum Gasteiger partial charge on any atom is -0.273 e. The number of nitro benzene ring substituents is 1. The zero-order chi connectivity index (χ0) is 23.4. The number of nitrogens with one attached hydrogen (secondary N) is 1. The Hall–Kier alpha value is -1.95. The number of nitro groups is 1. The van der Waals surface area contributed by atoms with E-state index in [-0.39, 0.29) is 16.6 Å². The summed E-state index contributed by atoms with van der Waals surface area (Å²) < 4.78 is 0. The van der Waals surface area contributed by atoms with Gasteiger partial charge in [-0.05, 0) is 12.5 Å². The lowest BCUT2D eigenvalue weighted by Crippen LogP contribution is -2.16. The molecule has 1 amide bonds. The van der Waals surface area contributed by atoms with Crippen molar-refractivity contribution in [2.24, 2.45) is 5.10 Å². The minimum absolute atomic E-state index is 0.0735. The first kappa shape index (κ1) is 28.1. The minimum atomic E-state index is -0.547. The Labute approximate surface area is 198 Å². The average molecular weight is 466 g/mol. The number of nitrogens with zero attached hydrogens (tertiary/aromatic N) is 2. The molecule has 0 bridgehead atoms. The number of carbonyl (C=O) groups is 1. The van der Waals surface area contributed by atoms with Crippen molar-refractivity contribution in [2.75, 3.05) is 0 Å². The second kappa shape index (κ2) is 18.6. The fourth-order valence-corrected chi connectivity index (χ4v) is 3.83. The van der Waals surface area contributed by atoms with Crippen LogP contribution in [0.15, 0.2) is 23.3 Å². The van der Waals surface area contributed by atoms with Gasteiger partial charge in [0, 0.05) is 18.1 Å². The van der Waals surface area contributed by atoms with Gasteiger partial charge in [0.25, 0.3) is 5.69 Å². The van der Waals surface area contributed by atoms with Gasteiger partial charge in [0.05, 0.1) is 11.1 Å². The molecule has 0 aliphatic heterocycles. The predicted octanol–water partition coefficient (Wildman–Crippen LogP) is 7.96. The maximum Gasteiger partial charge on any atom is 0.288 e. The summed E-state index contributed by atoms with van der Waals surface area (Å²) in [7, 11) is 0. The maximum atomic E-state index is 11.8. The summed E-state index contributed by atoms with van der Waals surface area (Å²) in [5.74, 6) is -0.139. The van der Waals surface area contributed by atoms with E-state index in [4.69, 9.17) is 11.6 Å². The maximum absolute atomic E-state index is 11.8. The van der Waals surface area contributed by atoms with E-state index in [2.05, 4.69) is 17.5 Å². The molecule has 0 unspecified atom stereocenters. The van der Waals surface area contributed by atoms with Crippen molar-refractivity contribution >= 4 is 29.4 Å². The van der Waals surface area contributed by atoms with Gasteiger partial charge in [-0.3, -0.25) is 14.9 Å². The van der Waals surface area contributed by atoms with Gasteiger partial charge >= 0.3 is 0 Å². The molecule has 0 saturated heterocycles. The number of halogens is 1. The lowest BCUT2D eigenvalue weighted by atomic mass is 10.0. The molecule has 0 saturated carbocycles. The van der Waals surface area contributed by atoms with E-state index in [1.165, 1.54) is 102 Å². The molecule has 1 rings (SSSR count). The van der Waals surface area contributed by atoms with Crippen molar-refractivity contribution in [1.82, 2.24) is 5.43 Å². The van der Waals surface area contributed by atoms with E-state index in [9.17, 15) is 14.9 Å². The smallest absolute Gasteiger partial charge is 0.273 e. The van der Waals surface area contributed by atoms with Crippen molar-refractivity contribution in [3.8, 4) is 0 Å². The molecule has 32 heavy (non-hydrogen) atoms. The van der Waals surface area contributed by atoms with Crippen LogP contribution < -0.4 is 5.43 Å². The third-order valence-corrected chi connectivity index (χ3v) is 5.90. The summed E-state index contributed by atoms with van der Waals surface area (Å²) in [6, 6.07) is 4.38. The first-order chi connectivity index (χ1) is 15.5. The highest BCUT2D eigenvalue weighted by atomic mass is 35.5. The van der Waals surface area contributed by atoms with Crippen LogP contribution in [0.25, 0.3) is 0 Å². The van der Waals surface area contributed by atoms with Crippen LogP contribution >= 0.6 is 11.6 Å². The van der Waals surface area contributed by atoms with Crippen molar-refractivity contribution < 1.29 is 9.72 Å².